The van der Waals surface area contributed by atoms with Crippen LogP contribution in [-0.2, 0) is 4.74 Å². The molecule has 1 fully saturated rings. The molecule has 23 heavy (non-hydrogen) atoms. The van der Waals surface area contributed by atoms with E-state index in [0.29, 0.717) is 33.0 Å². The zero-order valence-electron chi connectivity index (χ0n) is 12.6. The van der Waals surface area contributed by atoms with Crippen molar-refractivity contribution < 1.29 is 4.74 Å². The fourth-order valence-corrected chi connectivity index (χ4v) is 2.97. The first kappa shape index (κ1) is 16.3. The van der Waals surface area contributed by atoms with E-state index in [1.54, 1.807) is 6.07 Å². The zero-order valence-corrected chi connectivity index (χ0v) is 14.1. The number of nitrogens with two attached hydrogens (primary N) is 1. The van der Waals surface area contributed by atoms with E-state index in [2.05, 4.69) is 15.3 Å². The van der Waals surface area contributed by atoms with Crippen molar-refractivity contribution in [3.05, 3.63) is 34.4 Å². The van der Waals surface area contributed by atoms with E-state index in [4.69, 9.17) is 33.7 Å². The highest BCUT2D eigenvalue weighted by atomic mass is 35.5. The van der Waals surface area contributed by atoms with Gasteiger partial charge in [0, 0.05) is 31.5 Å². The first-order valence-electron chi connectivity index (χ1n) is 7.53. The number of pyridine rings is 2. The molecule has 5 nitrogen and oxygen atoms in total. The largest absolute Gasteiger partial charge is 0.384 e. The second kappa shape index (κ2) is 7.34. The minimum Gasteiger partial charge on any atom is -0.384 e. The number of nitrogen functional groups attached to an aromatic ring is 1. The van der Waals surface area contributed by atoms with Gasteiger partial charge in [0.25, 0.3) is 0 Å². The van der Waals surface area contributed by atoms with Gasteiger partial charge in [-0.05, 0) is 37.0 Å². The van der Waals surface area contributed by atoms with E-state index in [9.17, 15) is 0 Å². The molecule has 3 N–H and O–H groups in total. The Labute approximate surface area is 145 Å². The average molecular weight is 353 g/mol. The standard InChI is InChI=1S/C16H18Cl2N4O/c17-12-1-2-15(21-8-10-3-5-23-6-4-10)22-16(12)11-7-14(19)20-9-13(11)18/h1-2,7,9-10H,3-6,8H2,(H2,19,20)(H,21,22). The Kier molecular flexibility index (Phi) is 5.20. The number of halogens is 2. The summed E-state index contributed by atoms with van der Waals surface area (Å²) in [7, 11) is 0. The number of anilines is 2. The summed E-state index contributed by atoms with van der Waals surface area (Å²) >= 11 is 12.5. The second-order valence-corrected chi connectivity index (χ2v) is 6.37. The minimum atomic E-state index is 0.378. The summed E-state index contributed by atoms with van der Waals surface area (Å²) in [5.74, 6) is 1.75. The number of ether oxygens (including phenoxy) is 1. The van der Waals surface area contributed by atoms with Crippen LogP contribution in [0.25, 0.3) is 11.3 Å². The van der Waals surface area contributed by atoms with Crippen molar-refractivity contribution in [2.45, 2.75) is 12.8 Å². The monoisotopic (exact) mass is 352 g/mol. The van der Waals surface area contributed by atoms with Gasteiger partial charge in [-0.15, -0.1) is 0 Å². The van der Waals surface area contributed by atoms with Crippen LogP contribution in [0, 0.1) is 5.92 Å². The van der Waals surface area contributed by atoms with E-state index in [-0.39, 0.29) is 0 Å². The van der Waals surface area contributed by atoms with E-state index >= 15 is 0 Å². The van der Waals surface area contributed by atoms with Crippen LogP contribution in [0.5, 0.6) is 0 Å². The lowest BCUT2D eigenvalue weighted by Crippen LogP contribution is -2.22. The molecule has 1 aliphatic rings. The number of hydrogen-bond donors (Lipinski definition) is 2. The molecule has 0 aromatic carbocycles. The van der Waals surface area contributed by atoms with Gasteiger partial charge >= 0.3 is 0 Å². The smallest absolute Gasteiger partial charge is 0.126 e. The van der Waals surface area contributed by atoms with Crippen molar-refractivity contribution in [3.63, 3.8) is 0 Å². The molecule has 3 heterocycles. The summed E-state index contributed by atoms with van der Waals surface area (Å²) in [4.78, 5) is 8.55. The number of nitrogens with one attached hydrogen (secondary N) is 1. The predicted octanol–water partition coefficient (Wildman–Crippen LogP) is 3.87. The van der Waals surface area contributed by atoms with Gasteiger partial charge in [-0.2, -0.15) is 0 Å². The normalized spacial score (nSPS) is 15.6. The van der Waals surface area contributed by atoms with Crippen LogP contribution < -0.4 is 11.1 Å². The van der Waals surface area contributed by atoms with E-state index in [0.717, 1.165) is 38.4 Å². The number of rotatable bonds is 4. The molecule has 0 aliphatic carbocycles. The van der Waals surface area contributed by atoms with Crippen molar-refractivity contribution in [2.75, 3.05) is 30.8 Å². The Bertz CT molecular complexity index is 690. The van der Waals surface area contributed by atoms with E-state index in [1.807, 2.05) is 12.1 Å². The summed E-state index contributed by atoms with van der Waals surface area (Å²) in [6.07, 6.45) is 3.65. The Hall–Kier alpha value is -1.56. The highest BCUT2D eigenvalue weighted by Gasteiger charge is 2.15. The Morgan fingerprint density at radius 1 is 1.22 bits per heavy atom. The molecule has 0 atom stereocenters. The van der Waals surface area contributed by atoms with Gasteiger partial charge in [0.05, 0.1) is 15.7 Å². The van der Waals surface area contributed by atoms with E-state index in [1.165, 1.54) is 6.20 Å². The van der Waals surface area contributed by atoms with Crippen molar-refractivity contribution in [3.8, 4) is 11.3 Å². The summed E-state index contributed by atoms with van der Waals surface area (Å²) in [6.45, 7) is 2.53. The van der Waals surface area contributed by atoms with Crippen LogP contribution in [0.15, 0.2) is 24.4 Å². The molecule has 122 valence electrons. The third-order valence-electron chi connectivity index (χ3n) is 3.89. The molecule has 7 heteroatoms. The fraction of sp³-hybridized carbons (Fsp3) is 0.375. The average Bonchev–Trinajstić information content (AvgIpc) is 2.57. The van der Waals surface area contributed by atoms with Gasteiger partial charge in [0.1, 0.15) is 11.6 Å². The maximum Gasteiger partial charge on any atom is 0.126 e. The summed E-state index contributed by atoms with van der Waals surface area (Å²) in [6, 6.07) is 5.35. The minimum absolute atomic E-state index is 0.378. The first-order valence-corrected chi connectivity index (χ1v) is 8.28. The molecular formula is C16H18Cl2N4O. The number of aromatic nitrogens is 2. The maximum absolute atomic E-state index is 6.28. The van der Waals surface area contributed by atoms with Gasteiger partial charge in [-0.1, -0.05) is 23.2 Å². The van der Waals surface area contributed by atoms with Crippen LogP contribution in [0.2, 0.25) is 10.0 Å². The lowest BCUT2D eigenvalue weighted by Gasteiger charge is -2.22. The topological polar surface area (TPSA) is 73.1 Å². The lowest BCUT2D eigenvalue weighted by molar-refractivity contribution is 0.0699. The van der Waals surface area contributed by atoms with Gasteiger partial charge in [0.15, 0.2) is 0 Å². The molecule has 0 amide bonds. The van der Waals surface area contributed by atoms with E-state index < -0.39 is 0 Å². The summed E-state index contributed by atoms with van der Waals surface area (Å²) < 4.78 is 5.38. The van der Waals surface area contributed by atoms with Gasteiger partial charge in [-0.3, -0.25) is 0 Å². The molecule has 2 aromatic rings. The maximum atomic E-state index is 6.28. The second-order valence-electron chi connectivity index (χ2n) is 5.55. The molecule has 0 radical (unpaired) electrons. The molecule has 0 spiro atoms. The highest BCUT2D eigenvalue weighted by Crippen LogP contribution is 2.33. The van der Waals surface area contributed by atoms with Gasteiger partial charge < -0.3 is 15.8 Å². The Morgan fingerprint density at radius 2 is 2.00 bits per heavy atom. The van der Waals surface area contributed by atoms with Crippen molar-refractivity contribution in [1.82, 2.24) is 9.97 Å². The Balaban J connectivity index is 1.80. The third-order valence-corrected chi connectivity index (χ3v) is 4.50. The van der Waals surface area contributed by atoms with Crippen LogP contribution in [0.4, 0.5) is 11.6 Å². The molecule has 0 unspecified atom stereocenters. The molecule has 2 aromatic heterocycles. The third kappa shape index (κ3) is 4.05. The van der Waals surface area contributed by atoms with Crippen LogP contribution in [0.3, 0.4) is 0 Å². The number of nitrogens with zero attached hydrogens (tertiary/aromatic N) is 2. The fourth-order valence-electron chi connectivity index (χ4n) is 2.57. The Morgan fingerprint density at radius 3 is 2.78 bits per heavy atom. The number of hydrogen-bond acceptors (Lipinski definition) is 5. The quantitative estimate of drug-likeness (QED) is 0.873. The van der Waals surface area contributed by atoms with Crippen molar-refractivity contribution >= 4 is 34.8 Å². The summed E-state index contributed by atoms with van der Waals surface area (Å²) in [5, 5.41) is 4.36. The summed E-state index contributed by atoms with van der Waals surface area (Å²) in [5.41, 5.74) is 7.02. The molecule has 3 rings (SSSR count). The van der Waals surface area contributed by atoms with Crippen molar-refractivity contribution in [2.24, 2.45) is 5.92 Å². The molecule has 1 saturated heterocycles. The van der Waals surface area contributed by atoms with Crippen LogP contribution in [0.1, 0.15) is 12.8 Å². The lowest BCUT2D eigenvalue weighted by atomic mass is 10.0. The molecular weight excluding hydrogens is 335 g/mol. The predicted molar refractivity (Wildman–Crippen MR) is 93.9 cm³/mol. The highest BCUT2D eigenvalue weighted by molar-refractivity contribution is 6.36. The molecule has 0 saturated carbocycles. The van der Waals surface area contributed by atoms with Crippen LogP contribution in [-0.4, -0.2) is 29.7 Å². The van der Waals surface area contributed by atoms with Crippen molar-refractivity contribution in [1.29, 1.82) is 0 Å². The van der Waals surface area contributed by atoms with Gasteiger partial charge in [0.2, 0.25) is 0 Å². The van der Waals surface area contributed by atoms with Crippen LogP contribution >= 0.6 is 23.2 Å². The molecule has 1 aliphatic heterocycles. The SMILES string of the molecule is Nc1cc(-c2nc(NCC3CCOCC3)ccc2Cl)c(Cl)cn1. The zero-order chi connectivity index (χ0) is 16.2. The van der Waals surface area contributed by atoms with Gasteiger partial charge in [-0.25, -0.2) is 9.97 Å². The molecule has 0 bridgehead atoms. The first-order chi connectivity index (χ1) is 11.1.